The van der Waals surface area contributed by atoms with Gasteiger partial charge in [0.05, 0.1) is 17.6 Å². The second-order valence-electron chi connectivity index (χ2n) is 6.15. The quantitative estimate of drug-likeness (QED) is 0.578. The Balaban J connectivity index is 1.63. The number of amides is 1. The normalized spacial score (nSPS) is 16.1. The maximum atomic E-state index is 11.8. The Morgan fingerprint density at radius 3 is 2.52 bits per heavy atom. The summed E-state index contributed by atoms with van der Waals surface area (Å²) in [5.74, 6) is 0.782. The fraction of sp³-hybridized carbons (Fsp3) is 0.471. The molecule has 1 fully saturated rings. The predicted octanol–water partition coefficient (Wildman–Crippen LogP) is 2.48. The van der Waals surface area contributed by atoms with Gasteiger partial charge in [-0.05, 0) is 26.0 Å². The van der Waals surface area contributed by atoms with Crippen LogP contribution >= 0.6 is 0 Å². The van der Waals surface area contributed by atoms with Crippen LogP contribution in [0.5, 0.6) is 0 Å². The van der Waals surface area contributed by atoms with E-state index in [-0.39, 0.29) is 17.8 Å². The number of benzene rings is 1. The second kappa shape index (κ2) is 8.12. The van der Waals surface area contributed by atoms with Crippen molar-refractivity contribution in [3.05, 3.63) is 40.3 Å². The standard InChI is InChI=1S/C17H21N5O5/c1-3-26-17(23)21-10-8-20(9-11-21)12(2)15-18-19-16(27-15)13-4-6-14(7-5-13)22(24)25/h4-7,12H,3,8-11H2,1-2H3. The van der Waals surface area contributed by atoms with E-state index in [9.17, 15) is 14.9 Å². The lowest BCUT2D eigenvalue weighted by molar-refractivity contribution is -0.384. The van der Waals surface area contributed by atoms with Crippen LogP contribution in [-0.2, 0) is 4.74 Å². The molecule has 1 unspecified atom stereocenters. The van der Waals surface area contributed by atoms with Crippen molar-refractivity contribution in [3.63, 3.8) is 0 Å². The molecular formula is C17H21N5O5. The molecule has 1 aromatic carbocycles. The highest BCUT2D eigenvalue weighted by molar-refractivity contribution is 5.67. The molecule has 0 radical (unpaired) electrons. The van der Waals surface area contributed by atoms with E-state index in [0.29, 0.717) is 50.1 Å². The SMILES string of the molecule is CCOC(=O)N1CCN(C(C)c2nnc(-c3ccc([N+](=O)[O-])cc3)o2)CC1. The fourth-order valence-corrected chi connectivity index (χ4v) is 2.91. The number of non-ortho nitro benzene ring substituents is 1. The Morgan fingerprint density at radius 2 is 1.93 bits per heavy atom. The minimum atomic E-state index is -0.457. The largest absolute Gasteiger partial charge is 0.450 e. The van der Waals surface area contributed by atoms with Crippen molar-refractivity contribution >= 4 is 11.8 Å². The maximum Gasteiger partial charge on any atom is 0.409 e. The number of piperazine rings is 1. The van der Waals surface area contributed by atoms with E-state index < -0.39 is 4.92 Å². The topological polar surface area (TPSA) is 115 Å². The number of nitrogens with zero attached hydrogens (tertiary/aromatic N) is 5. The summed E-state index contributed by atoms with van der Waals surface area (Å²) in [6.45, 7) is 6.62. The molecule has 0 spiro atoms. The Bertz CT molecular complexity index is 798. The molecule has 10 heteroatoms. The van der Waals surface area contributed by atoms with Crippen LogP contribution in [0.4, 0.5) is 10.5 Å². The molecule has 10 nitrogen and oxygen atoms in total. The summed E-state index contributed by atoms with van der Waals surface area (Å²) >= 11 is 0. The van der Waals surface area contributed by atoms with Crippen LogP contribution in [0.25, 0.3) is 11.5 Å². The molecule has 2 heterocycles. The minimum Gasteiger partial charge on any atom is -0.450 e. The highest BCUT2D eigenvalue weighted by atomic mass is 16.6. The van der Waals surface area contributed by atoms with E-state index >= 15 is 0 Å². The van der Waals surface area contributed by atoms with Gasteiger partial charge in [-0.15, -0.1) is 10.2 Å². The van der Waals surface area contributed by atoms with Crippen molar-refractivity contribution in [3.8, 4) is 11.5 Å². The molecule has 1 saturated heterocycles. The molecule has 1 atom stereocenters. The highest BCUT2D eigenvalue weighted by Gasteiger charge is 2.28. The van der Waals surface area contributed by atoms with E-state index in [4.69, 9.17) is 9.15 Å². The van der Waals surface area contributed by atoms with E-state index in [1.54, 1.807) is 24.0 Å². The average Bonchev–Trinajstić information content (AvgIpc) is 3.18. The lowest BCUT2D eigenvalue weighted by Gasteiger charge is -2.36. The summed E-state index contributed by atoms with van der Waals surface area (Å²) in [5, 5.41) is 18.9. The fourth-order valence-electron chi connectivity index (χ4n) is 2.91. The monoisotopic (exact) mass is 375 g/mol. The second-order valence-corrected chi connectivity index (χ2v) is 6.15. The third-order valence-corrected chi connectivity index (χ3v) is 4.51. The zero-order valence-corrected chi connectivity index (χ0v) is 15.2. The molecule has 2 aromatic rings. The zero-order valence-electron chi connectivity index (χ0n) is 15.2. The van der Waals surface area contributed by atoms with Crippen molar-refractivity contribution in [1.29, 1.82) is 0 Å². The average molecular weight is 375 g/mol. The van der Waals surface area contributed by atoms with Crippen LogP contribution in [0.1, 0.15) is 25.8 Å². The van der Waals surface area contributed by atoms with Gasteiger partial charge in [-0.2, -0.15) is 0 Å². The van der Waals surface area contributed by atoms with E-state index in [1.165, 1.54) is 12.1 Å². The van der Waals surface area contributed by atoms with Gasteiger partial charge in [0.25, 0.3) is 5.69 Å². The molecule has 1 aliphatic heterocycles. The van der Waals surface area contributed by atoms with E-state index in [0.717, 1.165) is 0 Å². The van der Waals surface area contributed by atoms with Crippen molar-refractivity contribution in [2.45, 2.75) is 19.9 Å². The number of nitro benzene ring substituents is 1. The molecule has 0 N–H and O–H groups in total. The van der Waals surface area contributed by atoms with Crippen molar-refractivity contribution in [2.24, 2.45) is 0 Å². The lowest BCUT2D eigenvalue weighted by Crippen LogP contribution is -2.49. The van der Waals surface area contributed by atoms with Crippen LogP contribution in [0, 0.1) is 10.1 Å². The number of carbonyl (C=O) groups excluding carboxylic acids is 1. The first-order chi connectivity index (χ1) is 13.0. The first kappa shape index (κ1) is 18.8. The van der Waals surface area contributed by atoms with Gasteiger partial charge in [0.15, 0.2) is 0 Å². The van der Waals surface area contributed by atoms with Crippen LogP contribution in [0.3, 0.4) is 0 Å². The Morgan fingerprint density at radius 1 is 1.26 bits per heavy atom. The number of carbonyl (C=O) groups is 1. The summed E-state index contributed by atoms with van der Waals surface area (Å²) in [5.41, 5.74) is 0.630. The van der Waals surface area contributed by atoms with Gasteiger partial charge in [0.2, 0.25) is 11.8 Å². The maximum absolute atomic E-state index is 11.8. The first-order valence-electron chi connectivity index (χ1n) is 8.73. The number of hydrogen-bond acceptors (Lipinski definition) is 8. The van der Waals surface area contributed by atoms with Crippen LogP contribution in [0.15, 0.2) is 28.7 Å². The third kappa shape index (κ3) is 4.22. The van der Waals surface area contributed by atoms with Gasteiger partial charge in [-0.1, -0.05) is 0 Å². The molecule has 0 aliphatic carbocycles. The van der Waals surface area contributed by atoms with Crippen LogP contribution < -0.4 is 0 Å². The van der Waals surface area contributed by atoms with Crippen molar-refractivity contribution in [1.82, 2.24) is 20.0 Å². The van der Waals surface area contributed by atoms with Gasteiger partial charge in [-0.3, -0.25) is 15.0 Å². The predicted molar refractivity (Wildman–Crippen MR) is 95.0 cm³/mol. The molecule has 144 valence electrons. The molecular weight excluding hydrogens is 354 g/mol. The summed E-state index contributed by atoms with van der Waals surface area (Å²) < 4.78 is 10.8. The zero-order chi connectivity index (χ0) is 19.4. The van der Waals surface area contributed by atoms with Gasteiger partial charge >= 0.3 is 6.09 Å². The Hall–Kier alpha value is -3.01. The Labute approximate surface area is 155 Å². The smallest absolute Gasteiger partial charge is 0.409 e. The van der Waals surface area contributed by atoms with Crippen molar-refractivity contribution < 1.29 is 18.9 Å². The number of ether oxygens (including phenoxy) is 1. The van der Waals surface area contributed by atoms with E-state index in [1.807, 2.05) is 6.92 Å². The molecule has 1 aliphatic rings. The van der Waals surface area contributed by atoms with Gasteiger partial charge in [0.1, 0.15) is 0 Å². The number of aromatic nitrogens is 2. The molecule has 0 bridgehead atoms. The van der Waals surface area contributed by atoms with Crippen LogP contribution in [-0.4, -0.2) is 63.8 Å². The third-order valence-electron chi connectivity index (χ3n) is 4.51. The Kier molecular flexibility index (Phi) is 5.65. The first-order valence-corrected chi connectivity index (χ1v) is 8.73. The summed E-state index contributed by atoms with van der Waals surface area (Å²) in [4.78, 5) is 25.9. The summed E-state index contributed by atoms with van der Waals surface area (Å²) in [7, 11) is 0. The number of nitro groups is 1. The van der Waals surface area contributed by atoms with Crippen LogP contribution in [0.2, 0.25) is 0 Å². The van der Waals surface area contributed by atoms with Gasteiger partial charge in [-0.25, -0.2) is 4.79 Å². The minimum absolute atomic E-state index is 0.00586. The van der Waals surface area contributed by atoms with E-state index in [2.05, 4.69) is 15.1 Å². The summed E-state index contributed by atoms with van der Waals surface area (Å²) in [6, 6.07) is 5.86. The molecule has 1 aromatic heterocycles. The van der Waals surface area contributed by atoms with Gasteiger partial charge < -0.3 is 14.1 Å². The lowest BCUT2D eigenvalue weighted by atomic mass is 10.2. The van der Waals surface area contributed by atoms with Gasteiger partial charge in [0, 0.05) is 43.9 Å². The van der Waals surface area contributed by atoms with Crippen molar-refractivity contribution in [2.75, 3.05) is 32.8 Å². The number of hydrogen-bond donors (Lipinski definition) is 0. The molecule has 1 amide bonds. The molecule has 3 rings (SSSR count). The molecule has 0 saturated carbocycles. The molecule has 27 heavy (non-hydrogen) atoms. The highest BCUT2D eigenvalue weighted by Crippen LogP contribution is 2.26. The number of rotatable bonds is 5. The summed E-state index contributed by atoms with van der Waals surface area (Å²) in [6.07, 6.45) is -0.289.